The van der Waals surface area contributed by atoms with Gasteiger partial charge in [-0.25, -0.2) is 4.98 Å². The van der Waals surface area contributed by atoms with Crippen molar-refractivity contribution in [2.45, 2.75) is 0 Å². The normalized spacial score (nSPS) is 16.8. The zero-order chi connectivity index (χ0) is 13.0. The predicted octanol–water partition coefficient (Wildman–Crippen LogP) is -1.51. The summed E-state index contributed by atoms with van der Waals surface area (Å²) in [5.41, 5.74) is 5.47. The topological polar surface area (TPSA) is 95.3 Å². The number of nitrogens with two attached hydrogens (primary N) is 1. The average Bonchev–Trinajstić information content (AvgIpc) is 2.40. The molecule has 7 nitrogen and oxygen atoms in total. The Morgan fingerprint density at radius 3 is 2.67 bits per heavy atom. The molecule has 18 heavy (non-hydrogen) atoms. The third-order valence-corrected chi connectivity index (χ3v) is 3.00. The minimum Gasteiger partial charge on any atom is -0.335 e. The molecule has 3 N–H and O–H groups in total. The van der Waals surface area contributed by atoms with Crippen LogP contribution in [0.4, 0.5) is 0 Å². The van der Waals surface area contributed by atoms with Crippen LogP contribution in [-0.2, 0) is 0 Å². The van der Waals surface area contributed by atoms with E-state index in [1.54, 1.807) is 4.90 Å². The summed E-state index contributed by atoms with van der Waals surface area (Å²) in [5.74, 6) is -0.140. The Kier molecular flexibility index (Phi) is 4.06. The molecule has 0 atom stereocenters. The van der Waals surface area contributed by atoms with E-state index in [0.717, 1.165) is 25.8 Å². The first-order valence-electron chi connectivity index (χ1n) is 5.97. The van der Waals surface area contributed by atoms with E-state index in [-0.39, 0.29) is 17.2 Å². The summed E-state index contributed by atoms with van der Waals surface area (Å²) < 4.78 is 0. The molecular weight excluding hydrogens is 234 g/mol. The maximum absolute atomic E-state index is 12.1. The third kappa shape index (κ3) is 2.93. The number of amides is 1. The van der Waals surface area contributed by atoms with Gasteiger partial charge in [0.1, 0.15) is 5.69 Å². The first-order valence-corrected chi connectivity index (χ1v) is 5.97. The largest absolute Gasteiger partial charge is 0.335 e. The molecule has 1 aliphatic rings. The second-order valence-corrected chi connectivity index (χ2v) is 4.22. The van der Waals surface area contributed by atoms with E-state index in [1.165, 1.54) is 6.20 Å². The highest BCUT2D eigenvalue weighted by Gasteiger charge is 2.22. The van der Waals surface area contributed by atoms with Crippen LogP contribution in [0.2, 0.25) is 0 Å². The van der Waals surface area contributed by atoms with Gasteiger partial charge < -0.3 is 15.6 Å². The first-order chi connectivity index (χ1) is 8.70. The number of piperazine rings is 1. The van der Waals surface area contributed by atoms with Gasteiger partial charge in [0.05, 0.1) is 6.20 Å². The Morgan fingerprint density at radius 1 is 1.39 bits per heavy atom. The van der Waals surface area contributed by atoms with Crippen molar-refractivity contribution in [3.05, 3.63) is 28.4 Å². The molecule has 0 aliphatic carbocycles. The molecule has 0 saturated carbocycles. The SMILES string of the molecule is NCCN1CCN(C(=O)c2c[nH]c(=O)cn2)CC1. The summed E-state index contributed by atoms with van der Waals surface area (Å²) in [6, 6.07) is 0. The maximum Gasteiger partial charge on any atom is 0.274 e. The van der Waals surface area contributed by atoms with Crippen LogP contribution in [0.1, 0.15) is 10.5 Å². The van der Waals surface area contributed by atoms with Gasteiger partial charge in [-0.15, -0.1) is 0 Å². The van der Waals surface area contributed by atoms with E-state index < -0.39 is 0 Å². The maximum atomic E-state index is 12.1. The second kappa shape index (κ2) is 5.74. The number of nitrogens with one attached hydrogen (secondary N) is 1. The Hall–Kier alpha value is -1.73. The van der Waals surface area contributed by atoms with Crippen LogP contribution in [0.25, 0.3) is 0 Å². The van der Waals surface area contributed by atoms with Crippen molar-refractivity contribution in [2.24, 2.45) is 5.73 Å². The fraction of sp³-hybridized carbons (Fsp3) is 0.545. The molecule has 1 aromatic heterocycles. The molecule has 0 spiro atoms. The van der Waals surface area contributed by atoms with Crippen molar-refractivity contribution >= 4 is 5.91 Å². The van der Waals surface area contributed by atoms with Crippen LogP contribution >= 0.6 is 0 Å². The fourth-order valence-corrected chi connectivity index (χ4v) is 1.98. The lowest BCUT2D eigenvalue weighted by Gasteiger charge is -2.34. The summed E-state index contributed by atoms with van der Waals surface area (Å²) >= 11 is 0. The lowest BCUT2D eigenvalue weighted by atomic mass is 10.3. The molecule has 0 aromatic carbocycles. The van der Waals surface area contributed by atoms with Gasteiger partial charge in [-0.3, -0.25) is 14.5 Å². The molecular formula is C11H17N5O2. The zero-order valence-electron chi connectivity index (χ0n) is 10.1. The van der Waals surface area contributed by atoms with Crippen LogP contribution in [0.3, 0.4) is 0 Å². The van der Waals surface area contributed by atoms with Crippen molar-refractivity contribution in [2.75, 3.05) is 39.3 Å². The number of hydrogen-bond acceptors (Lipinski definition) is 5. The highest BCUT2D eigenvalue weighted by Crippen LogP contribution is 2.05. The number of H-pyrrole nitrogens is 1. The smallest absolute Gasteiger partial charge is 0.274 e. The van der Waals surface area contributed by atoms with Crippen LogP contribution < -0.4 is 11.3 Å². The Bertz CT molecular complexity index is 444. The lowest BCUT2D eigenvalue weighted by molar-refractivity contribution is 0.0634. The van der Waals surface area contributed by atoms with Crippen molar-refractivity contribution in [1.82, 2.24) is 19.8 Å². The number of aromatic amines is 1. The highest BCUT2D eigenvalue weighted by molar-refractivity contribution is 5.92. The molecule has 2 rings (SSSR count). The standard InChI is InChI=1S/C11H17N5O2/c12-1-2-15-3-5-16(6-4-15)11(18)9-7-14-10(17)8-13-9/h7-8H,1-6,12H2,(H,14,17). The van der Waals surface area contributed by atoms with Crippen molar-refractivity contribution in [3.63, 3.8) is 0 Å². The molecule has 7 heteroatoms. The van der Waals surface area contributed by atoms with Crippen molar-refractivity contribution in [3.8, 4) is 0 Å². The van der Waals surface area contributed by atoms with Gasteiger partial charge >= 0.3 is 0 Å². The van der Waals surface area contributed by atoms with Crippen LogP contribution in [0.15, 0.2) is 17.2 Å². The van der Waals surface area contributed by atoms with Gasteiger partial charge in [-0.05, 0) is 0 Å². The minimum atomic E-state index is -0.306. The van der Waals surface area contributed by atoms with Crippen LogP contribution in [-0.4, -0.2) is 64.9 Å². The monoisotopic (exact) mass is 251 g/mol. The number of carbonyl (C=O) groups excluding carboxylic acids is 1. The molecule has 1 aromatic rings. The molecule has 2 heterocycles. The average molecular weight is 251 g/mol. The highest BCUT2D eigenvalue weighted by atomic mass is 16.2. The molecule has 1 saturated heterocycles. The van der Waals surface area contributed by atoms with Crippen molar-refractivity contribution < 1.29 is 4.79 Å². The summed E-state index contributed by atoms with van der Waals surface area (Å²) in [5, 5.41) is 0. The zero-order valence-corrected chi connectivity index (χ0v) is 10.1. The number of carbonyl (C=O) groups is 1. The Morgan fingerprint density at radius 2 is 2.11 bits per heavy atom. The van der Waals surface area contributed by atoms with Gasteiger partial charge in [0, 0.05) is 45.5 Å². The Balaban J connectivity index is 1.95. The van der Waals surface area contributed by atoms with E-state index in [9.17, 15) is 9.59 Å². The lowest BCUT2D eigenvalue weighted by Crippen LogP contribution is -2.49. The van der Waals surface area contributed by atoms with Gasteiger partial charge in [-0.2, -0.15) is 0 Å². The molecule has 1 amide bonds. The molecule has 1 aliphatic heterocycles. The third-order valence-electron chi connectivity index (χ3n) is 3.00. The van der Waals surface area contributed by atoms with Gasteiger partial charge in [-0.1, -0.05) is 0 Å². The molecule has 0 unspecified atom stereocenters. The van der Waals surface area contributed by atoms with E-state index in [2.05, 4.69) is 14.9 Å². The fourth-order valence-electron chi connectivity index (χ4n) is 1.98. The number of rotatable bonds is 3. The predicted molar refractivity (Wildman–Crippen MR) is 66.3 cm³/mol. The van der Waals surface area contributed by atoms with E-state index >= 15 is 0 Å². The van der Waals surface area contributed by atoms with Crippen LogP contribution in [0.5, 0.6) is 0 Å². The summed E-state index contributed by atoms with van der Waals surface area (Å²) in [4.78, 5) is 33.2. The van der Waals surface area contributed by atoms with E-state index in [4.69, 9.17) is 5.73 Å². The number of aromatic nitrogens is 2. The minimum absolute atomic E-state index is 0.140. The van der Waals surface area contributed by atoms with E-state index in [0.29, 0.717) is 19.6 Å². The van der Waals surface area contributed by atoms with Gasteiger partial charge in [0.2, 0.25) is 0 Å². The quantitative estimate of drug-likeness (QED) is 0.680. The number of nitrogens with zero attached hydrogens (tertiary/aromatic N) is 3. The first kappa shape index (κ1) is 12.7. The molecule has 0 bridgehead atoms. The van der Waals surface area contributed by atoms with Gasteiger partial charge in [0.15, 0.2) is 0 Å². The molecule has 98 valence electrons. The number of hydrogen-bond donors (Lipinski definition) is 2. The van der Waals surface area contributed by atoms with Crippen LogP contribution in [0, 0.1) is 0 Å². The summed E-state index contributed by atoms with van der Waals surface area (Å²) in [7, 11) is 0. The Labute approximate surface area is 105 Å². The molecule has 0 radical (unpaired) electrons. The van der Waals surface area contributed by atoms with E-state index in [1.807, 2.05) is 0 Å². The summed E-state index contributed by atoms with van der Waals surface area (Å²) in [6.45, 7) is 4.48. The molecule has 1 fully saturated rings. The summed E-state index contributed by atoms with van der Waals surface area (Å²) in [6.07, 6.45) is 2.48. The van der Waals surface area contributed by atoms with Crippen molar-refractivity contribution in [1.29, 1.82) is 0 Å². The second-order valence-electron chi connectivity index (χ2n) is 4.22. The van der Waals surface area contributed by atoms with Gasteiger partial charge in [0.25, 0.3) is 11.5 Å².